The van der Waals surface area contributed by atoms with E-state index in [0.29, 0.717) is 17.8 Å². The van der Waals surface area contributed by atoms with Crippen LogP contribution in [0.5, 0.6) is 0 Å². The molecule has 1 aliphatic carbocycles. The van der Waals surface area contributed by atoms with E-state index in [4.69, 9.17) is 5.73 Å². The first-order chi connectivity index (χ1) is 15.7. The molecule has 0 radical (unpaired) electrons. The van der Waals surface area contributed by atoms with E-state index in [2.05, 4.69) is 34.8 Å². The molecule has 1 fully saturated rings. The van der Waals surface area contributed by atoms with Gasteiger partial charge in [-0.2, -0.15) is 0 Å². The van der Waals surface area contributed by atoms with Crippen molar-refractivity contribution >= 4 is 21.4 Å². The van der Waals surface area contributed by atoms with Crippen molar-refractivity contribution in [1.82, 2.24) is 9.80 Å². The van der Waals surface area contributed by atoms with Crippen molar-refractivity contribution < 1.29 is 13.2 Å². The molecule has 7 nitrogen and oxygen atoms in total. The minimum absolute atomic E-state index is 0.189. The van der Waals surface area contributed by atoms with Crippen molar-refractivity contribution in [3.05, 3.63) is 76.8 Å². The number of piperazine rings is 1. The first-order valence-corrected chi connectivity index (χ1v) is 12.9. The van der Waals surface area contributed by atoms with Crippen LogP contribution < -0.4 is 11.1 Å². The zero-order valence-electron chi connectivity index (χ0n) is 19.5. The highest BCUT2D eigenvalue weighted by molar-refractivity contribution is 7.90. The Morgan fingerprint density at radius 1 is 1.21 bits per heavy atom. The van der Waals surface area contributed by atoms with Crippen molar-refractivity contribution in [2.24, 2.45) is 5.73 Å². The maximum absolute atomic E-state index is 12.2. The molecule has 1 aliphatic heterocycles. The molecule has 1 amide bonds. The predicted octanol–water partition coefficient (Wildman–Crippen LogP) is 2.82. The van der Waals surface area contributed by atoms with Crippen molar-refractivity contribution in [2.45, 2.75) is 24.7 Å². The summed E-state index contributed by atoms with van der Waals surface area (Å²) in [6, 6.07) is 6.45. The Labute approximate surface area is 196 Å². The van der Waals surface area contributed by atoms with Gasteiger partial charge in [-0.15, -0.1) is 0 Å². The van der Waals surface area contributed by atoms with Crippen molar-refractivity contribution in [1.29, 1.82) is 0 Å². The topological polar surface area (TPSA) is 95.7 Å². The zero-order valence-corrected chi connectivity index (χ0v) is 20.3. The Bertz CT molecular complexity index is 1160. The average molecular weight is 469 g/mol. The lowest BCUT2D eigenvalue weighted by Gasteiger charge is -2.36. The van der Waals surface area contributed by atoms with Gasteiger partial charge < -0.3 is 20.9 Å². The van der Waals surface area contributed by atoms with Crippen LogP contribution in [0.3, 0.4) is 0 Å². The fraction of sp³-hybridized carbons (Fsp3) is 0.360. The number of nitrogens with one attached hydrogen (secondary N) is 1. The molecule has 0 saturated carbocycles. The Balaban J connectivity index is 2.01. The first kappa shape index (κ1) is 24.6. The maximum Gasteiger partial charge on any atom is 0.251 e. The molecule has 3 rings (SSSR count). The van der Waals surface area contributed by atoms with Gasteiger partial charge in [-0.25, -0.2) is 8.42 Å². The Morgan fingerprint density at radius 2 is 1.94 bits per heavy atom. The molecule has 1 aromatic rings. The molecule has 0 bridgehead atoms. The fourth-order valence-electron chi connectivity index (χ4n) is 3.89. The molecule has 8 heteroatoms. The molecule has 0 aromatic heterocycles. The molecule has 176 valence electrons. The minimum Gasteiger partial charge on any atom is -0.372 e. The van der Waals surface area contributed by atoms with Gasteiger partial charge >= 0.3 is 0 Å². The quantitative estimate of drug-likeness (QED) is 0.624. The monoisotopic (exact) mass is 468 g/mol. The number of carbonyl (C=O) groups excluding carboxylic acids is 1. The summed E-state index contributed by atoms with van der Waals surface area (Å²) in [7, 11) is -1.23. The summed E-state index contributed by atoms with van der Waals surface area (Å²) < 4.78 is 23.9. The second kappa shape index (κ2) is 10.7. The summed E-state index contributed by atoms with van der Waals surface area (Å²) in [6.07, 6.45) is 10.2. The van der Waals surface area contributed by atoms with Gasteiger partial charge in [0, 0.05) is 50.2 Å². The van der Waals surface area contributed by atoms with E-state index in [9.17, 15) is 13.2 Å². The number of primary amides is 1. The van der Waals surface area contributed by atoms with Crippen LogP contribution in [0.4, 0.5) is 5.69 Å². The van der Waals surface area contributed by atoms with Crippen LogP contribution in [0.1, 0.15) is 19.8 Å². The van der Waals surface area contributed by atoms with Crippen LogP contribution in [-0.4, -0.2) is 63.6 Å². The number of sulfone groups is 1. The number of nitrogens with zero attached hydrogens (tertiary/aromatic N) is 2. The lowest BCUT2D eigenvalue weighted by atomic mass is 10.0. The van der Waals surface area contributed by atoms with Gasteiger partial charge in [0.1, 0.15) is 0 Å². The van der Waals surface area contributed by atoms with Gasteiger partial charge in [-0.1, -0.05) is 30.9 Å². The van der Waals surface area contributed by atoms with Gasteiger partial charge in [-0.05, 0) is 49.4 Å². The van der Waals surface area contributed by atoms with Crippen LogP contribution >= 0.6 is 0 Å². The molecule has 1 heterocycles. The summed E-state index contributed by atoms with van der Waals surface area (Å²) in [5.41, 5.74) is 12.5. The van der Waals surface area contributed by atoms with E-state index < -0.39 is 15.7 Å². The highest BCUT2D eigenvalue weighted by atomic mass is 32.2. The van der Waals surface area contributed by atoms with Gasteiger partial charge in [0.25, 0.3) is 5.91 Å². The summed E-state index contributed by atoms with van der Waals surface area (Å²) >= 11 is 0. The van der Waals surface area contributed by atoms with Crippen LogP contribution in [-0.2, 0) is 14.6 Å². The first-order valence-electron chi connectivity index (χ1n) is 11.1. The van der Waals surface area contributed by atoms with E-state index in [1.807, 2.05) is 18.2 Å². The van der Waals surface area contributed by atoms with Gasteiger partial charge in [-0.3, -0.25) is 4.79 Å². The number of anilines is 1. The van der Waals surface area contributed by atoms with Crippen LogP contribution in [0.25, 0.3) is 0 Å². The Kier molecular flexibility index (Phi) is 7.97. The standard InChI is InChI=1S/C25H32N4O3S/c1-4-19-8-5-11-22(25(26)30)23(27-20-9-6-10-21(18-20)33(3,31)32)12-7-13-24(19)29-16-14-28(2)15-17-29/h5-11,18,27H,4,13-17H2,1-3H3,(H2,26,30)/b8-5?,22-11+,24-19?. The fourth-order valence-corrected chi connectivity index (χ4v) is 4.55. The molecule has 1 saturated heterocycles. The predicted molar refractivity (Wildman–Crippen MR) is 132 cm³/mol. The van der Waals surface area contributed by atoms with Crippen LogP contribution in [0.2, 0.25) is 0 Å². The third-order valence-electron chi connectivity index (χ3n) is 5.81. The number of allylic oxidation sites excluding steroid dienone is 5. The van der Waals surface area contributed by atoms with E-state index in [-0.39, 0.29) is 10.5 Å². The Hall–Kier alpha value is -3.06. The number of likely N-dealkylation sites (N-methyl/N-ethyl adjacent to an activating group) is 1. The van der Waals surface area contributed by atoms with Gasteiger partial charge in [0.15, 0.2) is 9.84 Å². The number of rotatable bonds is 6. The average Bonchev–Trinajstić information content (AvgIpc) is 2.77. The molecule has 1 aromatic carbocycles. The number of benzene rings is 1. The number of carbonyl (C=O) groups is 1. The van der Waals surface area contributed by atoms with E-state index in [0.717, 1.165) is 38.9 Å². The Morgan fingerprint density at radius 3 is 2.58 bits per heavy atom. The van der Waals surface area contributed by atoms with Crippen molar-refractivity contribution in [3.8, 4) is 0 Å². The summed E-state index contributed by atoms with van der Waals surface area (Å²) in [5.74, 6) is -0.593. The lowest BCUT2D eigenvalue weighted by Crippen LogP contribution is -2.44. The smallest absolute Gasteiger partial charge is 0.251 e. The molecule has 2 aliphatic rings. The third-order valence-corrected chi connectivity index (χ3v) is 6.92. The molecule has 33 heavy (non-hydrogen) atoms. The third kappa shape index (κ3) is 6.48. The molecule has 0 unspecified atom stereocenters. The number of amides is 1. The molecule has 0 atom stereocenters. The molecular formula is C25H32N4O3S. The van der Waals surface area contributed by atoms with Crippen LogP contribution in [0, 0.1) is 0 Å². The summed E-state index contributed by atoms with van der Waals surface area (Å²) in [4.78, 5) is 17.2. The zero-order chi connectivity index (χ0) is 24.0. The van der Waals surface area contributed by atoms with Gasteiger partial charge in [0.2, 0.25) is 0 Å². The molecule has 0 spiro atoms. The number of nitrogens with two attached hydrogens (primary N) is 1. The highest BCUT2D eigenvalue weighted by Crippen LogP contribution is 2.24. The number of hydrogen-bond donors (Lipinski definition) is 2. The molecular weight excluding hydrogens is 436 g/mol. The highest BCUT2D eigenvalue weighted by Gasteiger charge is 2.18. The van der Waals surface area contributed by atoms with Crippen molar-refractivity contribution in [3.63, 3.8) is 0 Å². The van der Waals surface area contributed by atoms with Gasteiger partial charge in [0.05, 0.1) is 16.2 Å². The van der Waals surface area contributed by atoms with E-state index in [1.54, 1.807) is 18.2 Å². The van der Waals surface area contributed by atoms with E-state index in [1.165, 1.54) is 23.4 Å². The number of hydrogen-bond acceptors (Lipinski definition) is 6. The molecule has 3 N–H and O–H groups in total. The van der Waals surface area contributed by atoms with E-state index >= 15 is 0 Å². The lowest BCUT2D eigenvalue weighted by molar-refractivity contribution is -0.114. The normalized spacial score (nSPS) is 19.7. The largest absolute Gasteiger partial charge is 0.372 e. The maximum atomic E-state index is 12.2. The van der Waals surface area contributed by atoms with Crippen molar-refractivity contribution in [2.75, 3.05) is 44.8 Å². The second-order valence-electron chi connectivity index (χ2n) is 8.27. The summed E-state index contributed by atoms with van der Waals surface area (Å²) in [5, 5.41) is 3.14. The minimum atomic E-state index is -3.36. The summed E-state index contributed by atoms with van der Waals surface area (Å²) in [6.45, 7) is 6.08. The van der Waals surface area contributed by atoms with Crippen LogP contribution in [0.15, 0.2) is 81.7 Å². The SMILES string of the molecule is CCC1=C(N2CCN(C)CC2)CC=C=C(Nc2cccc(S(C)(=O)=O)c2)/C(C(N)=O)=C\C=C1. The second-order valence-corrected chi connectivity index (χ2v) is 10.3.